The first kappa shape index (κ1) is 14.5. The highest BCUT2D eigenvalue weighted by Gasteiger charge is 2.16. The van der Waals surface area contributed by atoms with Gasteiger partial charge in [0.1, 0.15) is 6.54 Å². The average molecular weight is 270 g/mol. The number of amides is 1. The summed E-state index contributed by atoms with van der Waals surface area (Å²) in [7, 11) is 1.55. The SMILES string of the molecule is CCOC(=O)CN(C)C(=O)c1cc(C)cc(Cl)c1. The fourth-order valence-corrected chi connectivity index (χ4v) is 1.84. The Morgan fingerprint density at radius 3 is 2.56 bits per heavy atom. The topological polar surface area (TPSA) is 46.6 Å². The van der Waals surface area contributed by atoms with Crippen LogP contribution in [0, 0.1) is 6.92 Å². The fourth-order valence-electron chi connectivity index (χ4n) is 1.55. The van der Waals surface area contributed by atoms with Crippen molar-refractivity contribution in [3.63, 3.8) is 0 Å². The highest BCUT2D eigenvalue weighted by molar-refractivity contribution is 6.31. The minimum absolute atomic E-state index is 0.0712. The van der Waals surface area contributed by atoms with Gasteiger partial charge in [0.15, 0.2) is 0 Å². The third-order valence-corrected chi connectivity index (χ3v) is 2.53. The predicted octanol–water partition coefficient (Wildman–Crippen LogP) is 2.28. The second-order valence-corrected chi connectivity index (χ2v) is 4.42. The number of likely N-dealkylation sites (N-methyl/N-ethyl adjacent to an activating group) is 1. The zero-order chi connectivity index (χ0) is 13.7. The Labute approximate surface area is 111 Å². The Kier molecular flexibility index (Phi) is 5.16. The van der Waals surface area contributed by atoms with E-state index in [1.165, 1.54) is 4.90 Å². The lowest BCUT2D eigenvalue weighted by molar-refractivity contribution is -0.143. The molecule has 1 aromatic rings. The molecule has 1 aromatic carbocycles. The lowest BCUT2D eigenvalue weighted by Crippen LogP contribution is -2.33. The first-order valence-corrected chi connectivity index (χ1v) is 6.00. The van der Waals surface area contributed by atoms with Crippen molar-refractivity contribution in [2.24, 2.45) is 0 Å². The Morgan fingerprint density at radius 1 is 1.33 bits per heavy atom. The van der Waals surface area contributed by atoms with Gasteiger partial charge in [0.05, 0.1) is 6.61 Å². The quantitative estimate of drug-likeness (QED) is 0.788. The van der Waals surface area contributed by atoms with Crippen molar-refractivity contribution < 1.29 is 14.3 Å². The number of ether oxygens (including phenoxy) is 1. The molecule has 0 aliphatic heterocycles. The summed E-state index contributed by atoms with van der Waals surface area (Å²) in [5, 5.41) is 0.503. The number of aryl methyl sites for hydroxylation is 1. The molecular weight excluding hydrogens is 254 g/mol. The van der Waals surface area contributed by atoms with Crippen LogP contribution in [0.25, 0.3) is 0 Å². The van der Waals surface area contributed by atoms with Crippen LogP contribution in [-0.4, -0.2) is 37.0 Å². The van der Waals surface area contributed by atoms with Gasteiger partial charge in [-0.25, -0.2) is 0 Å². The van der Waals surface area contributed by atoms with Crippen LogP contribution in [0.15, 0.2) is 18.2 Å². The minimum atomic E-state index is -0.424. The van der Waals surface area contributed by atoms with Gasteiger partial charge in [-0.05, 0) is 37.6 Å². The summed E-state index contributed by atoms with van der Waals surface area (Å²) in [6.45, 7) is 3.81. The van der Waals surface area contributed by atoms with Crippen molar-refractivity contribution in [2.45, 2.75) is 13.8 Å². The number of nitrogens with zero attached hydrogens (tertiary/aromatic N) is 1. The molecule has 0 saturated heterocycles. The van der Waals surface area contributed by atoms with Crippen LogP contribution in [0.4, 0.5) is 0 Å². The van der Waals surface area contributed by atoms with E-state index in [9.17, 15) is 9.59 Å². The van der Waals surface area contributed by atoms with Crippen molar-refractivity contribution in [3.8, 4) is 0 Å². The predicted molar refractivity (Wildman–Crippen MR) is 69.8 cm³/mol. The van der Waals surface area contributed by atoms with Crippen molar-refractivity contribution in [1.82, 2.24) is 4.90 Å². The van der Waals surface area contributed by atoms with Crippen molar-refractivity contribution in [3.05, 3.63) is 34.3 Å². The first-order chi connectivity index (χ1) is 8.43. The average Bonchev–Trinajstić information content (AvgIpc) is 2.26. The lowest BCUT2D eigenvalue weighted by Gasteiger charge is -2.16. The molecule has 0 atom stereocenters. The number of benzene rings is 1. The van der Waals surface area contributed by atoms with E-state index in [1.807, 2.05) is 6.92 Å². The standard InChI is InChI=1S/C13H16ClNO3/c1-4-18-12(16)8-15(3)13(17)10-5-9(2)6-11(14)7-10/h5-7H,4,8H2,1-3H3. The van der Waals surface area contributed by atoms with Gasteiger partial charge in [-0.15, -0.1) is 0 Å². The summed E-state index contributed by atoms with van der Waals surface area (Å²) in [5.74, 6) is -0.680. The maximum absolute atomic E-state index is 12.0. The van der Waals surface area contributed by atoms with Crippen LogP contribution in [0.3, 0.4) is 0 Å². The molecule has 4 nitrogen and oxygen atoms in total. The van der Waals surface area contributed by atoms with Gasteiger partial charge in [0.2, 0.25) is 0 Å². The summed E-state index contributed by atoms with van der Waals surface area (Å²) >= 11 is 5.89. The van der Waals surface area contributed by atoms with Gasteiger partial charge in [-0.2, -0.15) is 0 Å². The highest BCUT2D eigenvalue weighted by Crippen LogP contribution is 2.15. The largest absolute Gasteiger partial charge is 0.465 e. The summed E-state index contributed by atoms with van der Waals surface area (Å²) in [4.78, 5) is 24.6. The monoisotopic (exact) mass is 269 g/mol. The molecule has 98 valence electrons. The van der Waals surface area contributed by atoms with Crippen LogP contribution >= 0.6 is 11.6 Å². The second-order valence-electron chi connectivity index (χ2n) is 3.98. The molecule has 5 heteroatoms. The van der Waals surface area contributed by atoms with Gasteiger partial charge in [-0.3, -0.25) is 9.59 Å². The van der Waals surface area contributed by atoms with Gasteiger partial charge < -0.3 is 9.64 Å². The van der Waals surface area contributed by atoms with Gasteiger partial charge >= 0.3 is 5.97 Å². The first-order valence-electron chi connectivity index (χ1n) is 5.62. The van der Waals surface area contributed by atoms with Crippen LogP contribution in [0.1, 0.15) is 22.8 Å². The van der Waals surface area contributed by atoms with Gasteiger partial charge in [0, 0.05) is 17.6 Å². The number of hydrogen-bond acceptors (Lipinski definition) is 3. The Morgan fingerprint density at radius 2 is 2.00 bits per heavy atom. The van der Waals surface area contributed by atoms with Gasteiger partial charge in [0.25, 0.3) is 5.91 Å². The Balaban J connectivity index is 2.77. The summed E-state index contributed by atoms with van der Waals surface area (Å²) < 4.78 is 4.79. The van der Waals surface area contributed by atoms with E-state index in [2.05, 4.69) is 0 Å². The van der Waals surface area contributed by atoms with E-state index >= 15 is 0 Å². The summed E-state index contributed by atoms with van der Waals surface area (Å²) in [6.07, 6.45) is 0. The Bertz CT molecular complexity index is 439. The second kappa shape index (κ2) is 6.40. The van der Waals surface area contributed by atoms with Crippen LogP contribution in [0.2, 0.25) is 5.02 Å². The molecule has 0 fully saturated rings. The van der Waals surface area contributed by atoms with E-state index in [1.54, 1.807) is 32.2 Å². The molecule has 0 spiro atoms. The van der Waals surface area contributed by atoms with Crippen LogP contribution in [-0.2, 0) is 9.53 Å². The van der Waals surface area contributed by atoms with Crippen molar-refractivity contribution in [1.29, 1.82) is 0 Å². The summed E-state index contributed by atoms with van der Waals surface area (Å²) in [6, 6.07) is 5.08. The number of carbonyl (C=O) groups excluding carboxylic acids is 2. The smallest absolute Gasteiger partial charge is 0.325 e. The molecular formula is C13H16ClNO3. The maximum atomic E-state index is 12.0. The molecule has 0 radical (unpaired) electrons. The zero-order valence-corrected chi connectivity index (χ0v) is 11.5. The highest BCUT2D eigenvalue weighted by atomic mass is 35.5. The molecule has 0 saturated carbocycles. The van der Waals surface area contributed by atoms with Gasteiger partial charge in [-0.1, -0.05) is 11.6 Å². The number of rotatable bonds is 4. The molecule has 0 aliphatic rings. The number of carbonyl (C=O) groups is 2. The van der Waals surface area contributed by atoms with E-state index in [-0.39, 0.29) is 12.5 Å². The van der Waals surface area contributed by atoms with E-state index in [0.717, 1.165) is 5.56 Å². The molecule has 0 heterocycles. The van der Waals surface area contributed by atoms with Crippen LogP contribution in [0.5, 0.6) is 0 Å². The third-order valence-electron chi connectivity index (χ3n) is 2.31. The third kappa shape index (κ3) is 4.04. The maximum Gasteiger partial charge on any atom is 0.325 e. The number of esters is 1. The molecule has 1 rings (SSSR count). The molecule has 18 heavy (non-hydrogen) atoms. The van der Waals surface area contributed by atoms with E-state index in [0.29, 0.717) is 17.2 Å². The molecule has 0 bridgehead atoms. The Hall–Kier alpha value is -1.55. The van der Waals surface area contributed by atoms with Crippen LogP contribution < -0.4 is 0 Å². The van der Waals surface area contributed by atoms with Crippen molar-refractivity contribution >= 4 is 23.5 Å². The van der Waals surface area contributed by atoms with Crippen molar-refractivity contribution in [2.75, 3.05) is 20.2 Å². The normalized spacial score (nSPS) is 10.0. The molecule has 0 N–H and O–H groups in total. The summed E-state index contributed by atoms with van der Waals surface area (Å²) in [5.41, 5.74) is 1.36. The number of halogens is 1. The lowest BCUT2D eigenvalue weighted by atomic mass is 10.1. The molecule has 1 amide bonds. The minimum Gasteiger partial charge on any atom is -0.465 e. The molecule has 0 unspecified atom stereocenters. The molecule has 0 aliphatic carbocycles. The van der Waals surface area contributed by atoms with E-state index < -0.39 is 5.97 Å². The molecule has 0 aromatic heterocycles. The number of hydrogen-bond donors (Lipinski definition) is 0. The van der Waals surface area contributed by atoms with E-state index in [4.69, 9.17) is 16.3 Å². The fraction of sp³-hybridized carbons (Fsp3) is 0.385. The zero-order valence-electron chi connectivity index (χ0n) is 10.7.